The van der Waals surface area contributed by atoms with E-state index < -0.39 is 0 Å². The van der Waals surface area contributed by atoms with Gasteiger partial charge in [-0.05, 0) is 24.5 Å². The van der Waals surface area contributed by atoms with Crippen LogP contribution in [0.25, 0.3) is 0 Å². The van der Waals surface area contributed by atoms with Crippen LogP contribution in [0.3, 0.4) is 0 Å². The second-order valence-electron chi connectivity index (χ2n) is 6.20. The molecule has 1 N–H and O–H groups in total. The fraction of sp³-hybridized carbons (Fsp3) is 0.625. The number of anilines is 1. The number of rotatable bonds is 3. The molecule has 2 aliphatic rings. The van der Waals surface area contributed by atoms with E-state index in [0.717, 1.165) is 13.0 Å². The summed E-state index contributed by atoms with van der Waals surface area (Å²) in [7, 11) is 0. The highest BCUT2D eigenvalue weighted by atomic mass is 16.5. The van der Waals surface area contributed by atoms with Crippen molar-refractivity contribution in [3.8, 4) is 0 Å². The van der Waals surface area contributed by atoms with Gasteiger partial charge in [-0.2, -0.15) is 0 Å². The number of para-hydroxylation sites is 1. The summed E-state index contributed by atoms with van der Waals surface area (Å²) in [6, 6.07) is 9.22. The van der Waals surface area contributed by atoms with Crippen LogP contribution in [0.2, 0.25) is 0 Å². The maximum absolute atomic E-state index is 5.85. The molecule has 0 amide bonds. The van der Waals surface area contributed by atoms with Gasteiger partial charge >= 0.3 is 0 Å². The molecule has 1 aromatic rings. The first kappa shape index (κ1) is 12.0. The van der Waals surface area contributed by atoms with Gasteiger partial charge in [0.25, 0.3) is 0 Å². The number of ether oxygens (including phenoxy) is 1. The maximum atomic E-state index is 5.85. The summed E-state index contributed by atoms with van der Waals surface area (Å²) >= 11 is 0. The van der Waals surface area contributed by atoms with Gasteiger partial charge in [0.15, 0.2) is 0 Å². The molecule has 2 heteroatoms. The van der Waals surface area contributed by atoms with Gasteiger partial charge in [-0.15, -0.1) is 0 Å². The van der Waals surface area contributed by atoms with Crippen molar-refractivity contribution in [2.75, 3.05) is 11.9 Å². The Kier molecular flexibility index (Phi) is 2.86. The highest BCUT2D eigenvalue weighted by Gasteiger charge is 2.59. The zero-order valence-corrected chi connectivity index (χ0v) is 11.6. The van der Waals surface area contributed by atoms with E-state index in [9.17, 15) is 0 Å². The summed E-state index contributed by atoms with van der Waals surface area (Å²) < 4.78 is 5.85. The lowest BCUT2D eigenvalue weighted by Crippen LogP contribution is -2.63. The van der Waals surface area contributed by atoms with Gasteiger partial charge in [0, 0.05) is 29.7 Å². The Balaban J connectivity index is 1.80. The molecule has 0 bridgehead atoms. The monoisotopic (exact) mass is 245 g/mol. The third-order valence-electron chi connectivity index (χ3n) is 4.81. The fourth-order valence-electron chi connectivity index (χ4n) is 3.75. The van der Waals surface area contributed by atoms with E-state index in [1.807, 2.05) is 0 Å². The molecule has 2 fully saturated rings. The number of hydrogen-bond donors (Lipinski definition) is 1. The van der Waals surface area contributed by atoms with Gasteiger partial charge in [0.1, 0.15) is 0 Å². The molecule has 1 saturated heterocycles. The second kappa shape index (κ2) is 4.27. The highest BCUT2D eigenvalue weighted by Crippen LogP contribution is 2.53. The molecule has 3 unspecified atom stereocenters. The van der Waals surface area contributed by atoms with E-state index in [-0.39, 0.29) is 5.41 Å². The molecular weight excluding hydrogens is 222 g/mol. The Morgan fingerprint density at radius 3 is 2.89 bits per heavy atom. The molecule has 98 valence electrons. The van der Waals surface area contributed by atoms with Crippen LogP contribution in [0.4, 0.5) is 5.69 Å². The smallest absolute Gasteiger partial charge is 0.0694 e. The number of fused-ring (bicyclic) bond motifs is 1. The molecule has 0 radical (unpaired) electrons. The topological polar surface area (TPSA) is 21.3 Å². The highest BCUT2D eigenvalue weighted by molar-refractivity contribution is 5.53. The lowest BCUT2D eigenvalue weighted by Gasteiger charge is -2.55. The standard InChI is InChI=1S/C16H23NO/c1-4-11-7-5-6-8-13(11)17-14-12-9-10-18-15(12)16(14,2)3/h5-8,12,14-15,17H,4,9-10H2,1-3H3. The average Bonchev–Trinajstić information content (AvgIpc) is 2.83. The quantitative estimate of drug-likeness (QED) is 0.880. The van der Waals surface area contributed by atoms with Crippen molar-refractivity contribution in [3.63, 3.8) is 0 Å². The summed E-state index contributed by atoms with van der Waals surface area (Å²) in [6.45, 7) is 7.80. The summed E-state index contributed by atoms with van der Waals surface area (Å²) in [5.41, 5.74) is 2.97. The van der Waals surface area contributed by atoms with Gasteiger partial charge in [-0.3, -0.25) is 0 Å². The molecule has 1 aliphatic heterocycles. The Labute approximate surface area is 110 Å². The van der Waals surface area contributed by atoms with Crippen molar-refractivity contribution in [1.29, 1.82) is 0 Å². The molecule has 1 saturated carbocycles. The minimum Gasteiger partial charge on any atom is -0.381 e. The molecular formula is C16H23NO. The van der Waals surface area contributed by atoms with Crippen molar-refractivity contribution >= 4 is 5.69 Å². The van der Waals surface area contributed by atoms with Gasteiger partial charge in [0.2, 0.25) is 0 Å². The number of hydrogen-bond acceptors (Lipinski definition) is 2. The average molecular weight is 245 g/mol. The molecule has 0 spiro atoms. The van der Waals surface area contributed by atoms with Crippen LogP contribution >= 0.6 is 0 Å². The van der Waals surface area contributed by atoms with Crippen molar-refractivity contribution in [2.24, 2.45) is 11.3 Å². The van der Waals surface area contributed by atoms with Gasteiger partial charge < -0.3 is 10.1 Å². The Morgan fingerprint density at radius 2 is 2.11 bits per heavy atom. The first-order chi connectivity index (χ1) is 8.64. The summed E-state index contributed by atoms with van der Waals surface area (Å²) in [5, 5.41) is 3.78. The zero-order valence-electron chi connectivity index (χ0n) is 11.6. The van der Waals surface area contributed by atoms with Crippen molar-refractivity contribution in [2.45, 2.75) is 45.8 Å². The Hall–Kier alpha value is -1.02. The Morgan fingerprint density at radius 1 is 1.33 bits per heavy atom. The first-order valence-electron chi connectivity index (χ1n) is 7.10. The van der Waals surface area contributed by atoms with E-state index in [1.165, 1.54) is 17.7 Å². The summed E-state index contributed by atoms with van der Waals surface area (Å²) in [6.07, 6.45) is 2.75. The minimum atomic E-state index is 0.252. The predicted octanol–water partition coefficient (Wildman–Crippen LogP) is 3.47. The molecule has 0 aromatic heterocycles. The van der Waals surface area contributed by atoms with Crippen LogP contribution in [0.1, 0.15) is 32.8 Å². The number of nitrogens with one attached hydrogen (secondary N) is 1. The van der Waals surface area contributed by atoms with Crippen molar-refractivity contribution < 1.29 is 4.74 Å². The minimum absolute atomic E-state index is 0.252. The fourth-order valence-corrected chi connectivity index (χ4v) is 3.75. The number of aryl methyl sites for hydroxylation is 1. The van der Waals surface area contributed by atoms with E-state index in [2.05, 4.69) is 50.4 Å². The Bertz CT molecular complexity index is 440. The predicted molar refractivity (Wildman–Crippen MR) is 74.9 cm³/mol. The number of benzene rings is 1. The van der Waals surface area contributed by atoms with Crippen LogP contribution in [-0.2, 0) is 11.2 Å². The molecule has 2 nitrogen and oxygen atoms in total. The largest absolute Gasteiger partial charge is 0.381 e. The molecule has 1 aromatic carbocycles. The van der Waals surface area contributed by atoms with Crippen LogP contribution in [0, 0.1) is 11.3 Å². The van der Waals surface area contributed by atoms with Crippen LogP contribution in [0.5, 0.6) is 0 Å². The molecule has 3 atom stereocenters. The van der Waals surface area contributed by atoms with Crippen LogP contribution < -0.4 is 5.32 Å². The third kappa shape index (κ3) is 1.66. The van der Waals surface area contributed by atoms with Crippen LogP contribution in [0.15, 0.2) is 24.3 Å². The second-order valence-corrected chi connectivity index (χ2v) is 6.20. The third-order valence-corrected chi connectivity index (χ3v) is 4.81. The summed E-state index contributed by atoms with van der Waals surface area (Å²) in [4.78, 5) is 0. The van der Waals surface area contributed by atoms with E-state index in [1.54, 1.807) is 0 Å². The first-order valence-corrected chi connectivity index (χ1v) is 7.10. The lowest BCUT2D eigenvalue weighted by atomic mass is 9.57. The van der Waals surface area contributed by atoms with E-state index >= 15 is 0 Å². The van der Waals surface area contributed by atoms with Gasteiger partial charge in [0.05, 0.1) is 6.10 Å². The maximum Gasteiger partial charge on any atom is 0.0694 e. The van der Waals surface area contributed by atoms with E-state index in [4.69, 9.17) is 4.74 Å². The van der Waals surface area contributed by atoms with Gasteiger partial charge in [-0.25, -0.2) is 0 Å². The van der Waals surface area contributed by atoms with Crippen molar-refractivity contribution in [1.82, 2.24) is 0 Å². The SMILES string of the molecule is CCc1ccccc1NC1C2CCOC2C1(C)C. The van der Waals surface area contributed by atoms with Crippen LogP contribution in [-0.4, -0.2) is 18.8 Å². The summed E-state index contributed by atoms with van der Waals surface area (Å²) in [5.74, 6) is 0.699. The normalized spacial score (nSPS) is 32.7. The lowest BCUT2D eigenvalue weighted by molar-refractivity contribution is -0.0923. The van der Waals surface area contributed by atoms with Gasteiger partial charge in [-0.1, -0.05) is 39.0 Å². The zero-order chi connectivity index (χ0) is 12.8. The molecule has 1 heterocycles. The van der Waals surface area contributed by atoms with E-state index in [0.29, 0.717) is 18.1 Å². The molecule has 18 heavy (non-hydrogen) atoms. The molecule has 1 aliphatic carbocycles. The molecule has 3 rings (SSSR count). The van der Waals surface area contributed by atoms with Crippen molar-refractivity contribution in [3.05, 3.63) is 29.8 Å².